The molecular weight excluding hydrogens is 330 g/mol. The Bertz CT molecular complexity index is 833. The minimum atomic E-state index is -0.291. The van der Waals surface area contributed by atoms with E-state index in [1.807, 2.05) is 0 Å². The molecule has 0 radical (unpaired) electrons. The number of methoxy groups -OCH3 is 1. The van der Waals surface area contributed by atoms with Crippen molar-refractivity contribution in [3.8, 4) is 5.75 Å². The van der Waals surface area contributed by atoms with Crippen LogP contribution in [-0.4, -0.2) is 35.7 Å². The van der Waals surface area contributed by atoms with Gasteiger partial charge >= 0.3 is 0 Å². The molecule has 3 rings (SSSR count). The minimum Gasteiger partial charge on any atom is -0.495 e. The van der Waals surface area contributed by atoms with E-state index >= 15 is 0 Å². The summed E-state index contributed by atoms with van der Waals surface area (Å²) < 4.78 is 5.13. The highest BCUT2D eigenvalue weighted by molar-refractivity contribution is 6.29. The third-order valence-electron chi connectivity index (χ3n) is 3.48. The maximum absolute atomic E-state index is 12.4. The molecule has 1 aliphatic rings. The number of rotatable bonds is 4. The third-order valence-corrected chi connectivity index (χ3v) is 3.70. The first-order valence-electron chi connectivity index (χ1n) is 7.03. The lowest BCUT2D eigenvalue weighted by Crippen LogP contribution is -2.28. The summed E-state index contributed by atoms with van der Waals surface area (Å²) >= 11 is 5.73. The first-order chi connectivity index (χ1) is 11.6. The Labute approximate surface area is 143 Å². The summed E-state index contributed by atoms with van der Waals surface area (Å²) in [4.78, 5) is 26.1. The number of nitrogens with zero attached hydrogens (tertiary/aromatic N) is 4. The van der Waals surface area contributed by atoms with E-state index in [2.05, 4.69) is 15.0 Å². The molecular formula is C16H14ClN5O2. The molecule has 0 atom stereocenters. The number of hydrogen-bond acceptors (Lipinski definition) is 6. The highest BCUT2D eigenvalue weighted by Crippen LogP contribution is 2.25. The lowest BCUT2D eigenvalue weighted by Gasteiger charge is -2.16. The van der Waals surface area contributed by atoms with Crippen molar-refractivity contribution in [2.24, 2.45) is 10.7 Å². The fourth-order valence-electron chi connectivity index (χ4n) is 2.19. The van der Waals surface area contributed by atoms with Gasteiger partial charge in [0.1, 0.15) is 16.6 Å². The first kappa shape index (κ1) is 15.9. The Morgan fingerprint density at radius 2 is 2.21 bits per heavy atom. The standard InChI is InChI=1S/C16H14ClN5O2/c1-24-13-4-12(7-19-8-13)22-9-10(15(18)16(22)23)5-20-11-2-3-14(17)21-6-11/h2-8H,9,18H2,1H3. The molecule has 0 fully saturated rings. The van der Waals surface area contributed by atoms with E-state index in [9.17, 15) is 4.79 Å². The van der Waals surface area contributed by atoms with Gasteiger partial charge in [0.2, 0.25) is 0 Å². The van der Waals surface area contributed by atoms with Crippen molar-refractivity contribution in [1.29, 1.82) is 0 Å². The Morgan fingerprint density at radius 1 is 1.38 bits per heavy atom. The van der Waals surface area contributed by atoms with Crippen molar-refractivity contribution in [2.75, 3.05) is 18.6 Å². The van der Waals surface area contributed by atoms with Gasteiger partial charge in [-0.25, -0.2) is 4.98 Å². The highest BCUT2D eigenvalue weighted by atomic mass is 35.5. The summed E-state index contributed by atoms with van der Waals surface area (Å²) in [5.74, 6) is 0.272. The number of amides is 1. The van der Waals surface area contributed by atoms with Crippen molar-refractivity contribution in [3.05, 3.63) is 53.2 Å². The molecule has 1 aliphatic heterocycles. The van der Waals surface area contributed by atoms with Crippen LogP contribution >= 0.6 is 11.6 Å². The van der Waals surface area contributed by atoms with Gasteiger partial charge in [-0.2, -0.15) is 0 Å². The number of carbonyl (C=O) groups excluding carboxylic acids is 1. The van der Waals surface area contributed by atoms with Crippen LogP contribution in [-0.2, 0) is 4.79 Å². The van der Waals surface area contributed by atoms with Crippen molar-refractivity contribution in [2.45, 2.75) is 0 Å². The van der Waals surface area contributed by atoms with Gasteiger partial charge in [-0.05, 0) is 12.1 Å². The second-order valence-electron chi connectivity index (χ2n) is 5.01. The lowest BCUT2D eigenvalue weighted by molar-refractivity contribution is -0.114. The number of carbonyl (C=O) groups is 1. The second-order valence-corrected chi connectivity index (χ2v) is 5.40. The summed E-state index contributed by atoms with van der Waals surface area (Å²) in [6.45, 7) is 0.310. The number of aliphatic imine (C=N–C) groups is 1. The van der Waals surface area contributed by atoms with Crippen molar-refractivity contribution < 1.29 is 9.53 Å². The van der Waals surface area contributed by atoms with Crippen LogP contribution in [0, 0.1) is 0 Å². The smallest absolute Gasteiger partial charge is 0.274 e. The number of aromatic nitrogens is 2. The molecule has 1 amide bonds. The molecule has 122 valence electrons. The molecule has 2 aromatic heterocycles. The van der Waals surface area contributed by atoms with E-state index in [-0.39, 0.29) is 11.6 Å². The number of hydrogen-bond donors (Lipinski definition) is 1. The average molecular weight is 344 g/mol. The Kier molecular flexibility index (Phi) is 4.43. The Balaban J connectivity index is 1.80. The van der Waals surface area contributed by atoms with Gasteiger partial charge < -0.3 is 15.4 Å². The average Bonchev–Trinajstić information content (AvgIpc) is 2.90. The molecule has 3 heterocycles. The maximum Gasteiger partial charge on any atom is 0.274 e. The second kappa shape index (κ2) is 6.67. The monoisotopic (exact) mass is 343 g/mol. The van der Waals surface area contributed by atoms with Crippen molar-refractivity contribution >= 4 is 35.1 Å². The van der Waals surface area contributed by atoms with Crippen LogP contribution in [0.25, 0.3) is 0 Å². The highest BCUT2D eigenvalue weighted by Gasteiger charge is 2.29. The quantitative estimate of drug-likeness (QED) is 0.677. The van der Waals surface area contributed by atoms with E-state index in [0.717, 1.165) is 0 Å². The molecule has 0 saturated heterocycles. The van der Waals surface area contributed by atoms with Crippen LogP contribution in [0.3, 0.4) is 0 Å². The van der Waals surface area contributed by atoms with Crippen LogP contribution in [0.1, 0.15) is 0 Å². The zero-order chi connectivity index (χ0) is 17.1. The molecule has 24 heavy (non-hydrogen) atoms. The SMILES string of the molecule is COc1cncc(N2CC(C=Nc3ccc(Cl)nc3)=C(N)C2=O)c1. The van der Waals surface area contributed by atoms with Crippen LogP contribution < -0.4 is 15.4 Å². The maximum atomic E-state index is 12.4. The Morgan fingerprint density at radius 3 is 2.92 bits per heavy atom. The predicted octanol–water partition coefficient (Wildman–Crippen LogP) is 2.10. The van der Waals surface area contributed by atoms with E-state index in [4.69, 9.17) is 22.1 Å². The first-order valence-corrected chi connectivity index (χ1v) is 7.41. The third kappa shape index (κ3) is 3.21. The molecule has 8 heteroatoms. The zero-order valence-electron chi connectivity index (χ0n) is 12.8. The fraction of sp³-hybridized carbons (Fsp3) is 0.125. The van der Waals surface area contributed by atoms with E-state index in [1.165, 1.54) is 18.2 Å². The number of anilines is 1. The van der Waals surface area contributed by atoms with Crippen LogP contribution in [0.5, 0.6) is 5.75 Å². The van der Waals surface area contributed by atoms with Gasteiger partial charge in [-0.15, -0.1) is 0 Å². The number of nitrogens with two attached hydrogens (primary N) is 1. The fourth-order valence-corrected chi connectivity index (χ4v) is 2.30. The predicted molar refractivity (Wildman–Crippen MR) is 91.8 cm³/mol. The summed E-state index contributed by atoms with van der Waals surface area (Å²) in [5, 5.41) is 0.389. The van der Waals surface area contributed by atoms with Crippen molar-refractivity contribution in [1.82, 2.24) is 9.97 Å². The molecule has 2 N–H and O–H groups in total. The number of pyridine rings is 2. The molecule has 0 aromatic carbocycles. The molecule has 0 spiro atoms. The van der Waals surface area contributed by atoms with Gasteiger partial charge in [0.25, 0.3) is 5.91 Å². The molecule has 0 unspecified atom stereocenters. The topological polar surface area (TPSA) is 93.7 Å². The van der Waals surface area contributed by atoms with Gasteiger partial charge in [-0.1, -0.05) is 11.6 Å². The molecule has 0 bridgehead atoms. The Hall–Kier alpha value is -2.93. The van der Waals surface area contributed by atoms with Gasteiger partial charge in [0.15, 0.2) is 0 Å². The lowest BCUT2D eigenvalue weighted by atomic mass is 10.2. The molecule has 7 nitrogen and oxygen atoms in total. The van der Waals surface area contributed by atoms with E-state index in [1.54, 1.807) is 36.8 Å². The normalized spacial score (nSPS) is 14.8. The number of halogens is 1. The summed E-state index contributed by atoms with van der Waals surface area (Å²) in [5.41, 5.74) is 7.93. The summed E-state index contributed by atoms with van der Waals surface area (Å²) in [6.07, 6.45) is 6.25. The van der Waals surface area contributed by atoms with E-state index < -0.39 is 0 Å². The molecule has 0 aliphatic carbocycles. The van der Waals surface area contributed by atoms with Gasteiger partial charge in [-0.3, -0.25) is 14.8 Å². The summed E-state index contributed by atoms with van der Waals surface area (Å²) in [7, 11) is 1.54. The van der Waals surface area contributed by atoms with Crippen LogP contribution in [0.4, 0.5) is 11.4 Å². The van der Waals surface area contributed by atoms with Gasteiger partial charge in [0.05, 0.1) is 43.6 Å². The van der Waals surface area contributed by atoms with Gasteiger partial charge in [0, 0.05) is 17.9 Å². The largest absolute Gasteiger partial charge is 0.495 e. The zero-order valence-corrected chi connectivity index (χ0v) is 13.6. The molecule has 2 aromatic rings. The minimum absolute atomic E-state index is 0.156. The number of ether oxygens (including phenoxy) is 1. The van der Waals surface area contributed by atoms with E-state index in [0.29, 0.717) is 34.4 Å². The van der Waals surface area contributed by atoms with Crippen LogP contribution in [0.15, 0.2) is 53.1 Å². The summed E-state index contributed by atoms with van der Waals surface area (Å²) in [6, 6.07) is 5.09. The molecule has 0 saturated carbocycles. The van der Waals surface area contributed by atoms with Crippen LogP contribution in [0.2, 0.25) is 5.15 Å². The van der Waals surface area contributed by atoms with Crippen molar-refractivity contribution in [3.63, 3.8) is 0 Å².